The number of rotatable bonds is 9. The first-order valence-corrected chi connectivity index (χ1v) is 7.10. The molecule has 1 aromatic carbocycles. The molecule has 0 spiro atoms. The number of hydrogen-bond donors (Lipinski definition) is 2. The van der Waals surface area contributed by atoms with Gasteiger partial charge in [-0.3, -0.25) is 4.79 Å². The maximum atomic E-state index is 13.3. The highest BCUT2D eigenvalue weighted by Crippen LogP contribution is 2.17. The van der Waals surface area contributed by atoms with Gasteiger partial charge in [-0.05, 0) is 32.0 Å². The normalized spacial score (nSPS) is 12.0. The molecule has 0 aliphatic heterocycles. The predicted octanol–water partition coefficient (Wildman–Crippen LogP) is 2.24. The first-order chi connectivity index (χ1) is 10.0. The molecule has 1 aromatic rings. The topological polar surface area (TPSA) is 50.4 Å². The molecule has 0 aliphatic rings. The Morgan fingerprint density at radius 3 is 2.81 bits per heavy atom. The summed E-state index contributed by atoms with van der Waals surface area (Å²) in [4.78, 5) is 11.6. The number of carbonyl (C=O) groups excluding carboxylic acids is 1. The molecular weight excluding hydrogens is 278 g/mol. The van der Waals surface area contributed by atoms with Crippen LogP contribution in [-0.4, -0.2) is 31.6 Å². The first-order valence-electron chi connectivity index (χ1n) is 7.10. The molecule has 1 amide bonds. The van der Waals surface area contributed by atoms with Crippen LogP contribution in [0.4, 0.5) is 8.78 Å². The minimum absolute atomic E-state index is 0.00224. The molecule has 0 saturated carbocycles. The Balaban J connectivity index is 2.17. The van der Waals surface area contributed by atoms with Gasteiger partial charge in [0.1, 0.15) is 5.82 Å². The fraction of sp³-hybridized carbons (Fsp3) is 0.533. The van der Waals surface area contributed by atoms with Gasteiger partial charge in [-0.25, -0.2) is 8.78 Å². The van der Waals surface area contributed by atoms with Crippen molar-refractivity contribution in [3.05, 3.63) is 29.8 Å². The Hall–Kier alpha value is -1.69. The molecule has 4 nitrogen and oxygen atoms in total. The molecule has 0 saturated heterocycles. The Morgan fingerprint density at radius 2 is 2.14 bits per heavy atom. The summed E-state index contributed by atoms with van der Waals surface area (Å²) < 4.78 is 31.1. The lowest BCUT2D eigenvalue weighted by atomic mass is 10.2. The lowest BCUT2D eigenvalue weighted by molar-refractivity contribution is -0.121. The highest BCUT2D eigenvalue weighted by atomic mass is 19.1. The van der Waals surface area contributed by atoms with Crippen molar-refractivity contribution in [3.8, 4) is 5.75 Å². The molecule has 1 atom stereocenters. The van der Waals surface area contributed by atoms with Crippen LogP contribution in [0.15, 0.2) is 18.2 Å². The van der Waals surface area contributed by atoms with Gasteiger partial charge in [0, 0.05) is 25.1 Å². The standard InChI is InChI=1S/C15H22F2N2O2/c1-3-18-11(2)10-19-15(20)5-4-8-21-14-7-6-12(16)9-13(14)17/h6-7,9,11,18H,3-5,8,10H2,1-2H3,(H,19,20)/t11-/m1/s1. The van der Waals surface area contributed by atoms with E-state index in [0.717, 1.165) is 18.7 Å². The second-order valence-corrected chi connectivity index (χ2v) is 4.79. The van der Waals surface area contributed by atoms with Crippen LogP contribution in [0.1, 0.15) is 26.7 Å². The molecule has 0 aliphatic carbocycles. The second-order valence-electron chi connectivity index (χ2n) is 4.79. The average molecular weight is 300 g/mol. The average Bonchev–Trinajstić information content (AvgIpc) is 2.43. The van der Waals surface area contributed by atoms with E-state index in [1.54, 1.807) is 0 Å². The highest BCUT2D eigenvalue weighted by molar-refractivity contribution is 5.75. The minimum atomic E-state index is -0.737. The Bertz CT molecular complexity index is 455. The van der Waals surface area contributed by atoms with E-state index in [9.17, 15) is 13.6 Å². The van der Waals surface area contributed by atoms with E-state index >= 15 is 0 Å². The van der Waals surface area contributed by atoms with E-state index in [4.69, 9.17) is 4.74 Å². The number of amides is 1. The molecule has 21 heavy (non-hydrogen) atoms. The number of ether oxygens (including phenoxy) is 1. The van der Waals surface area contributed by atoms with E-state index in [0.29, 0.717) is 19.4 Å². The second kappa shape index (κ2) is 9.28. The van der Waals surface area contributed by atoms with Gasteiger partial charge in [-0.15, -0.1) is 0 Å². The van der Waals surface area contributed by atoms with E-state index in [1.165, 1.54) is 6.07 Å². The SMILES string of the molecule is CCN[C@H](C)CNC(=O)CCCOc1ccc(F)cc1F. The van der Waals surface area contributed by atoms with Crippen molar-refractivity contribution in [2.24, 2.45) is 0 Å². The molecule has 6 heteroatoms. The third kappa shape index (κ3) is 7.04. The van der Waals surface area contributed by atoms with Crippen LogP contribution in [0.5, 0.6) is 5.75 Å². The molecule has 2 N–H and O–H groups in total. The van der Waals surface area contributed by atoms with Crippen LogP contribution < -0.4 is 15.4 Å². The summed E-state index contributed by atoms with van der Waals surface area (Å²) in [5, 5.41) is 5.99. The summed E-state index contributed by atoms with van der Waals surface area (Å²) >= 11 is 0. The molecule has 0 bridgehead atoms. The molecule has 0 aromatic heterocycles. The number of nitrogens with one attached hydrogen (secondary N) is 2. The summed E-state index contributed by atoms with van der Waals surface area (Å²) in [6, 6.07) is 3.36. The number of benzene rings is 1. The Morgan fingerprint density at radius 1 is 1.38 bits per heavy atom. The van der Waals surface area contributed by atoms with Crippen molar-refractivity contribution in [1.82, 2.24) is 10.6 Å². The monoisotopic (exact) mass is 300 g/mol. The molecular formula is C15H22F2N2O2. The smallest absolute Gasteiger partial charge is 0.220 e. The fourth-order valence-electron chi connectivity index (χ4n) is 1.78. The largest absolute Gasteiger partial charge is 0.491 e. The van der Waals surface area contributed by atoms with Gasteiger partial charge in [0.05, 0.1) is 6.61 Å². The number of carbonyl (C=O) groups is 1. The van der Waals surface area contributed by atoms with Gasteiger partial charge >= 0.3 is 0 Å². The third-order valence-electron chi connectivity index (χ3n) is 2.86. The molecule has 1 rings (SSSR count). The predicted molar refractivity (Wildman–Crippen MR) is 77.2 cm³/mol. The maximum Gasteiger partial charge on any atom is 0.220 e. The fourth-order valence-corrected chi connectivity index (χ4v) is 1.78. The lowest BCUT2D eigenvalue weighted by Gasteiger charge is -2.13. The van der Waals surface area contributed by atoms with Crippen molar-refractivity contribution in [3.63, 3.8) is 0 Å². The summed E-state index contributed by atoms with van der Waals surface area (Å²) in [5.41, 5.74) is 0. The summed E-state index contributed by atoms with van der Waals surface area (Å²) in [7, 11) is 0. The zero-order chi connectivity index (χ0) is 15.7. The van der Waals surface area contributed by atoms with Gasteiger partial charge in [-0.2, -0.15) is 0 Å². The molecule has 0 heterocycles. The van der Waals surface area contributed by atoms with Crippen LogP contribution in [-0.2, 0) is 4.79 Å². The van der Waals surface area contributed by atoms with Gasteiger partial charge in [-0.1, -0.05) is 6.92 Å². The Labute approximate surface area is 123 Å². The van der Waals surface area contributed by atoms with Crippen LogP contribution in [0.25, 0.3) is 0 Å². The van der Waals surface area contributed by atoms with Crippen LogP contribution >= 0.6 is 0 Å². The maximum absolute atomic E-state index is 13.3. The number of hydrogen-bond acceptors (Lipinski definition) is 3. The van der Waals surface area contributed by atoms with Crippen molar-refractivity contribution in [2.75, 3.05) is 19.7 Å². The molecule has 118 valence electrons. The van der Waals surface area contributed by atoms with Crippen molar-refractivity contribution in [2.45, 2.75) is 32.7 Å². The van der Waals surface area contributed by atoms with Gasteiger partial charge < -0.3 is 15.4 Å². The van der Waals surface area contributed by atoms with E-state index in [-0.39, 0.29) is 24.3 Å². The van der Waals surface area contributed by atoms with Crippen LogP contribution in [0.2, 0.25) is 0 Å². The summed E-state index contributed by atoms with van der Waals surface area (Å²) in [6.45, 7) is 5.63. The van der Waals surface area contributed by atoms with Crippen molar-refractivity contribution >= 4 is 5.91 Å². The quantitative estimate of drug-likeness (QED) is 0.688. The number of halogens is 2. The van der Waals surface area contributed by atoms with Crippen LogP contribution in [0, 0.1) is 11.6 Å². The summed E-state index contributed by atoms with van der Waals surface area (Å²) in [5.74, 6) is -1.45. The minimum Gasteiger partial charge on any atom is -0.491 e. The van der Waals surface area contributed by atoms with Gasteiger partial charge in [0.15, 0.2) is 11.6 Å². The van der Waals surface area contributed by atoms with Gasteiger partial charge in [0.2, 0.25) is 5.91 Å². The van der Waals surface area contributed by atoms with Crippen LogP contribution in [0.3, 0.4) is 0 Å². The third-order valence-corrected chi connectivity index (χ3v) is 2.86. The van der Waals surface area contributed by atoms with Gasteiger partial charge in [0.25, 0.3) is 0 Å². The summed E-state index contributed by atoms with van der Waals surface area (Å²) in [6.07, 6.45) is 0.778. The molecule has 0 radical (unpaired) electrons. The Kier molecular flexibility index (Phi) is 7.68. The van der Waals surface area contributed by atoms with Crippen molar-refractivity contribution < 1.29 is 18.3 Å². The zero-order valence-electron chi connectivity index (χ0n) is 12.4. The van der Waals surface area contributed by atoms with E-state index in [2.05, 4.69) is 10.6 Å². The zero-order valence-corrected chi connectivity index (χ0v) is 12.4. The number of likely N-dealkylation sites (N-methyl/N-ethyl adjacent to an activating group) is 1. The van der Waals surface area contributed by atoms with Crippen molar-refractivity contribution in [1.29, 1.82) is 0 Å². The first kappa shape index (κ1) is 17.4. The highest BCUT2D eigenvalue weighted by Gasteiger charge is 2.07. The lowest BCUT2D eigenvalue weighted by Crippen LogP contribution is -2.38. The molecule has 0 fully saturated rings. The van der Waals surface area contributed by atoms with E-state index < -0.39 is 11.6 Å². The molecule has 0 unspecified atom stereocenters. The van der Waals surface area contributed by atoms with E-state index in [1.807, 2.05) is 13.8 Å².